The SMILES string of the molecule is CC1CC(O)(Cc2ccncc2Cl)CCN1C. The number of likely N-dealkylation sites (tertiary alicyclic amines) is 1. The van der Waals surface area contributed by atoms with E-state index in [0.717, 1.165) is 24.9 Å². The highest BCUT2D eigenvalue weighted by molar-refractivity contribution is 6.31. The normalized spacial score (nSPS) is 30.5. The van der Waals surface area contributed by atoms with Crippen molar-refractivity contribution in [2.24, 2.45) is 0 Å². The smallest absolute Gasteiger partial charge is 0.0715 e. The second-order valence-corrected chi connectivity index (χ2v) is 5.56. The molecule has 3 nitrogen and oxygen atoms in total. The molecular formula is C13H19ClN2O. The largest absolute Gasteiger partial charge is 0.389 e. The van der Waals surface area contributed by atoms with Crippen LogP contribution >= 0.6 is 11.6 Å². The first kappa shape index (κ1) is 12.8. The van der Waals surface area contributed by atoms with Crippen molar-refractivity contribution in [2.45, 2.75) is 37.8 Å². The van der Waals surface area contributed by atoms with Crippen LogP contribution in [0, 0.1) is 0 Å². The van der Waals surface area contributed by atoms with E-state index in [0.29, 0.717) is 17.5 Å². The molecule has 0 spiro atoms. The van der Waals surface area contributed by atoms with Gasteiger partial charge in [0.25, 0.3) is 0 Å². The van der Waals surface area contributed by atoms with Crippen molar-refractivity contribution in [1.29, 1.82) is 0 Å². The van der Waals surface area contributed by atoms with Crippen molar-refractivity contribution in [3.05, 3.63) is 29.0 Å². The molecule has 0 aliphatic carbocycles. The van der Waals surface area contributed by atoms with E-state index in [1.165, 1.54) is 0 Å². The lowest BCUT2D eigenvalue weighted by Crippen LogP contribution is -2.48. The fraction of sp³-hybridized carbons (Fsp3) is 0.615. The molecule has 2 unspecified atom stereocenters. The van der Waals surface area contributed by atoms with Crippen LogP contribution in [0.15, 0.2) is 18.5 Å². The summed E-state index contributed by atoms with van der Waals surface area (Å²) in [7, 11) is 2.10. The van der Waals surface area contributed by atoms with Gasteiger partial charge in [0.05, 0.1) is 10.6 Å². The van der Waals surface area contributed by atoms with E-state index >= 15 is 0 Å². The number of hydrogen-bond acceptors (Lipinski definition) is 3. The van der Waals surface area contributed by atoms with E-state index in [9.17, 15) is 5.11 Å². The van der Waals surface area contributed by atoms with Gasteiger partial charge < -0.3 is 10.0 Å². The summed E-state index contributed by atoms with van der Waals surface area (Å²) in [6.07, 6.45) is 5.57. The van der Waals surface area contributed by atoms with Gasteiger partial charge in [0.2, 0.25) is 0 Å². The number of aromatic nitrogens is 1. The van der Waals surface area contributed by atoms with Gasteiger partial charge in [-0.15, -0.1) is 0 Å². The highest BCUT2D eigenvalue weighted by Gasteiger charge is 2.35. The van der Waals surface area contributed by atoms with Gasteiger partial charge >= 0.3 is 0 Å². The fourth-order valence-electron chi connectivity index (χ4n) is 2.48. The van der Waals surface area contributed by atoms with Crippen molar-refractivity contribution in [2.75, 3.05) is 13.6 Å². The number of halogens is 1. The molecule has 94 valence electrons. The lowest BCUT2D eigenvalue weighted by molar-refractivity contribution is -0.0353. The Balaban J connectivity index is 2.10. The standard InChI is InChI=1S/C13H19ClN2O/c1-10-7-13(17,4-6-16(10)2)8-11-3-5-15-9-12(11)14/h3,5,9-10,17H,4,6-8H2,1-2H3. The molecule has 2 heterocycles. The maximum atomic E-state index is 10.6. The van der Waals surface area contributed by atoms with Gasteiger partial charge in [-0.25, -0.2) is 0 Å². The zero-order valence-electron chi connectivity index (χ0n) is 10.4. The van der Waals surface area contributed by atoms with Gasteiger partial charge in [-0.3, -0.25) is 4.98 Å². The predicted octanol–water partition coefficient (Wildman–Crippen LogP) is 2.12. The Hall–Kier alpha value is -0.640. The molecule has 0 aromatic carbocycles. The van der Waals surface area contributed by atoms with Crippen molar-refractivity contribution in [3.63, 3.8) is 0 Å². The van der Waals surface area contributed by atoms with Crippen LogP contribution in [0.1, 0.15) is 25.3 Å². The van der Waals surface area contributed by atoms with Crippen LogP contribution in [0.2, 0.25) is 5.02 Å². The van der Waals surface area contributed by atoms with Gasteiger partial charge in [-0.2, -0.15) is 0 Å². The highest BCUT2D eigenvalue weighted by Crippen LogP contribution is 2.31. The zero-order valence-corrected chi connectivity index (χ0v) is 11.1. The summed E-state index contributed by atoms with van der Waals surface area (Å²) >= 11 is 6.09. The minimum absolute atomic E-state index is 0.411. The Morgan fingerprint density at radius 3 is 3.06 bits per heavy atom. The van der Waals surface area contributed by atoms with E-state index < -0.39 is 5.60 Å². The van der Waals surface area contributed by atoms with Crippen LogP contribution in [-0.4, -0.2) is 40.2 Å². The van der Waals surface area contributed by atoms with Crippen molar-refractivity contribution in [1.82, 2.24) is 9.88 Å². The second-order valence-electron chi connectivity index (χ2n) is 5.15. The first-order chi connectivity index (χ1) is 8.00. The molecule has 1 fully saturated rings. The Bertz CT molecular complexity index is 399. The number of piperidine rings is 1. The third-order valence-corrected chi connectivity index (χ3v) is 4.07. The zero-order chi connectivity index (χ0) is 12.5. The summed E-state index contributed by atoms with van der Waals surface area (Å²) in [4.78, 5) is 6.25. The molecule has 0 amide bonds. The van der Waals surface area contributed by atoms with Gasteiger partial charge in [-0.05, 0) is 38.4 Å². The van der Waals surface area contributed by atoms with E-state index in [-0.39, 0.29) is 0 Å². The van der Waals surface area contributed by atoms with E-state index in [2.05, 4.69) is 23.9 Å². The second kappa shape index (κ2) is 4.92. The number of nitrogens with zero attached hydrogens (tertiary/aromatic N) is 2. The molecule has 1 aromatic heterocycles. The Kier molecular flexibility index (Phi) is 3.71. The maximum absolute atomic E-state index is 10.6. The molecule has 0 bridgehead atoms. The minimum atomic E-state index is -0.628. The van der Waals surface area contributed by atoms with Crippen molar-refractivity contribution < 1.29 is 5.11 Å². The predicted molar refractivity (Wildman–Crippen MR) is 69.2 cm³/mol. The van der Waals surface area contributed by atoms with E-state index in [1.54, 1.807) is 12.4 Å². The molecule has 1 saturated heterocycles. The summed E-state index contributed by atoms with van der Waals surface area (Å²) in [5, 5.41) is 11.3. The lowest BCUT2D eigenvalue weighted by atomic mass is 9.82. The number of aliphatic hydroxyl groups is 1. The summed E-state index contributed by atoms with van der Waals surface area (Å²) in [6.45, 7) is 3.08. The topological polar surface area (TPSA) is 36.4 Å². The van der Waals surface area contributed by atoms with Gasteiger partial charge in [0, 0.05) is 31.4 Å². The third-order valence-electron chi connectivity index (χ3n) is 3.73. The van der Waals surface area contributed by atoms with Crippen LogP contribution in [0.4, 0.5) is 0 Å². The molecule has 2 rings (SSSR count). The van der Waals surface area contributed by atoms with Gasteiger partial charge in [0.1, 0.15) is 0 Å². The van der Waals surface area contributed by atoms with Crippen LogP contribution < -0.4 is 0 Å². The van der Waals surface area contributed by atoms with Crippen LogP contribution in [0.5, 0.6) is 0 Å². The van der Waals surface area contributed by atoms with Crippen molar-refractivity contribution in [3.8, 4) is 0 Å². The quantitative estimate of drug-likeness (QED) is 0.878. The van der Waals surface area contributed by atoms with Gasteiger partial charge in [0.15, 0.2) is 0 Å². The molecule has 17 heavy (non-hydrogen) atoms. The van der Waals surface area contributed by atoms with Gasteiger partial charge in [-0.1, -0.05) is 11.6 Å². The monoisotopic (exact) mass is 254 g/mol. The first-order valence-electron chi connectivity index (χ1n) is 6.01. The van der Waals surface area contributed by atoms with Crippen molar-refractivity contribution >= 4 is 11.6 Å². The van der Waals surface area contributed by atoms with Crippen LogP contribution in [0.25, 0.3) is 0 Å². The summed E-state index contributed by atoms with van der Waals surface area (Å²) in [6, 6.07) is 2.30. The fourth-order valence-corrected chi connectivity index (χ4v) is 2.66. The summed E-state index contributed by atoms with van der Waals surface area (Å²) in [5.41, 5.74) is 0.359. The molecule has 4 heteroatoms. The van der Waals surface area contributed by atoms with Crippen LogP contribution in [-0.2, 0) is 6.42 Å². The average Bonchev–Trinajstić information content (AvgIpc) is 2.28. The molecule has 1 N–H and O–H groups in total. The maximum Gasteiger partial charge on any atom is 0.0715 e. The summed E-state index contributed by atoms with van der Waals surface area (Å²) < 4.78 is 0. The summed E-state index contributed by atoms with van der Waals surface area (Å²) in [5.74, 6) is 0. The Labute approximate surface area is 107 Å². The average molecular weight is 255 g/mol. The van der Waals surface area contributed by atoms with E-state index in [4.69, 9.17) is 11.6 Å². The molecular weight excluding hydrogens is 236 g/mol. The molecule has 0 saturated carbocycles. The third kappa shape index (κ3) is 2.97. The Morgan fingerprint density at radius 2 is 2.41 bits per heavy atom. The molecule has 0 radical (unpaired) electrons. The number of rotatable bonds is 2. The first-order valence-corrected chi connectivity index (χ1v) is 6.39. The minimum Gasteiger partial charge on any atom is -0.389 e. The number of hydrogen-bond donors (Lipinski definition) is 1. The molecule has 1 aromatic rings. The molecule has 1 aliphatic heterocycles. The lowest BCUT2D eigenvalue weighted by Gasteiger charge is -2.41. The highest BCUT2D eigenvalue weighted by atomic mass is 35.5. The molecule has 2 atom stereocenters. The van der Waals surface area contributed by atoms with Crippen LogP contribution in [0.3, 0.4) is 0 Å². The molecule has 1 aliphatic rings. The van der Waals surface area contributed by atoms with E-state index in [1.807, 2.05) is 6.07 Å². The Morgan fingerprint density at radius 1 is 1.65 bits per heavy atom. The number of pyridine rings is 1.